The standard InChI is InChI=1S/C18H26N2O3/c1-3-4-9-17(21)19-14-10-12-20(13-11-14)18(22)15-7-5-6-8-16(15)23-2/h5-8,14H,3-4,9-13H2,1-2H3,(H,19,21). The maximum atomic E-state index is 12.6. The second kappa shape index (κ2) is 8.56. The number of nitrogens with zero attached hydrogens (tertiary/aromatic N) is 1. The Morgan fingerprint density at radius 1 is 1.26 bits per heavy atom. The van der Waals surface area contributed by atoms with Crippen LogP contribution in [0.25, 0.3) is 0 Å². The number of hydrogen-bond acceptors (Lipinski definition) is 3. The Hall–Kier alpha value is -2.04. The summed E-state index contributed by atoms with van der Waals surface area (Å²) in [6.45, 7) is 3.40. The van der Waals surface area contributed by atoms with Gasteiger partial charge in [-0.2, -0.15) is 0 Å². The summed E-state index contributed by atoms with van der Waals surface area (Å²) in [6, 6.07) is 7.47. The van der Waals surface area contributed by atoms with Gasteiger partial charge in [-0.25, -0.2) is 0 Å². The van der Waals surface area contributed by atoms with Gasteiger partial charge < -0.3 is 15.0 Å². The first-order chi connectivity index (χ1) is 11.2. The molecule has 2 amide bonds. The minimum Gasteiger partial charge on any atom is -0.496 e. The molecule has 0 aliphatic carbocycles. The van der Waals surface area contributed by atoms with E-state index in [1.807, 2.05) is 17.0 Å². The molecule has 2 rings (SSSR count). The maximum absolute atomic E-state index is 12.6. The first-order valence-electron chi connectivity index (χ1n) is 8.37. The number of carbonyl (C=O) groups excluding carboxylic acids is 2. The van der Waals surface area contributed by atoms with Crippen LogP contribution >= 0.6 is 0 Å². The monoisotopic (exact) mass is 318 g/mol. The Morgan fingerprint density at radius 3 is 2.61 bits per heavy atom. The van der Waals surface area contributed by atoms with Crippen LogP contribution in [0, 0.1) is 0 Å². The molecular weight excluding hydrogens is 292 g/mol. The van der Waals surface area contributed by atoms with E-state index in [1.165, 1.54) is 0 Å². The first-order valence-corrected chi connectivity index (χ1v) is 8.37. The van der Waals surface area contributed by atoms with Gasteiger partial charge in [0.1, 0.15) is 5.75 Å². The fourth-order valence-corrected chi connectivity index (χ4v) is 2.86. The topological polar surface area (TPSA) is 58.6 Å². The van der Waals surface area contributed by atoms with E-state index in [0.29, 0.717) is 30.8 Å². The largest absolute Gasteiger partial charge is 0.496 e. The molecule has 1 aliphatic heterocycles. The Kier molecular flexibility index (Phi) is 6.44. The number of para-hydroxylation sites is 1. The Balaban J connectivity index is 1.86. The highest BCUT2D eigenvalue weighted by atomic mass is 16.5. The average Bonchev–Trinajstić information content (AvgIpc) is 2.60. The second-order valence-electron chi connectivity index (χ2n) is 5.94. The maximum Gasteiger partial charge on any atom is 0.257 e. The van der Waals surface area contributed by atoms with Crippen molar-refractivity contribution in [2.24, 2.45) is 0 Å². The summed E-state index contributed by atoms with van der Waals surface area (Å²) in [5.74, 6) is 0.729. The molecule has 0 aromatic heterocycles. The van der Waals surface area contributed by atoms with Crippen molar-refractivity contribution in [3.05, 3.63) is 29.8 Å². The Labute approximate surface area is 138 Å². The summed E-state index contributed by atoms with van der Waals surface area (Å²) in [5.41, 5.74) is 0.598. The Bertz CT molecular complexity index is 537. The van der Waals surface area contributed by atoms with Gasteiger partial charge in [-0.3, -0.25) is 9.59 Å². The highest BCUT2D eigenvalue weighted by Gasteiger charge is 2.25. The van der Waals surface area contributed by atoms with Gasteiger partial charge in [0.2, 0.25) is 5.91 Å². The number of unbranched alkanes of at least 4 members (excludes halogenated alkanes) is 1. The molecule has 0 saturated carbocycles. The minimum atomic E-state index is -0.00166. The molecule has 0 unspecified atom stereocenters. The summed E-state index contributed by atoms with van der Waals surface area (Å²) in [7, 11) is 1.57. The number of piperidine rings is 1. The number of likely N-dealkylation sites (tertiary alicyclic amines) is 1. The van der Waals surface area contributed by atoms with Crippen LogP contribution in [0.5, 0.6) is 5.75 Å². The number of carbonyl (C=O) groups is 2. The third-order valence-corrected chi connectivity index (χ3v) is 4.24. The summed E-state index contributed by atoms with van der Waals surface area (Å²) in [4.78, 5) is 26.2. The molecule has 0 atom stereocenters. The van der Waals surface area contributed by atoms with E-state index < -0.39 is 0 Å². The van der Waals surface area contributed by atoms with E-state index in [9.17, 15) is 9.59 Å². The van der Waals surface area contributed by atoms with Gasteiger partial charge in [0, 0.05) is 25.6 Å². The normalized spacial score (nSPS) is 15.3. The van der Waals surface area contributed by atoms with Crippen molar-refractivity contribution < 1.29 is 14.3 Å². The lowest BCUT2D eigenvalue weighted by atomic mass is 10.0. The van der Waals surface area contributed by atoms with Crippen molar-refractivity contribution >= 4 is 11.8 Å². The molecule has 0 bridgehead atoms. The number of rotatable bonds is 6. The van der Waals surface area contributed by atoms with Crippen molar-refractivity contribution in [3.8, 4) is 5.75 Å². The predicted octanol–water partition coefficient (Wildman–Crippen LogP) is 2.61. The van der Waals surface area contributed by atoms with Crippen molar-refractivity contribution in [1.29, 1.82) is 0 Å². The molecule has 1 heterocycles. The van der Waals surface area contributed by atoms with Crippen molar-refractivity contribution in [1.82, 2.24) is 10.2 Å². The predicted molar refractivity (Wildman–Crippen MR) is 89.6 cm³/mol. The Morgan fingerprint density at radius 2 is 1.96 bits per heavy atom. The van der Waals surface area contributed by atoms with Gasteiger partial charge in [-0.05, 0) is 31.4 Å². The molecule has 1 fully saturated rings. The minimum absolute atomic E-state index is 0.00166. The SMILES string of the molecule is CCCCC(=O)NC1CCN(C(=O)c2ccccc2OC)CC1. The molecule has 1 aromatic rings. The van der Waals surface area contributed by atoms with Crippen LogP contribution in [0.15, 0.2) is 24.3 Å². The quantitative estimate of drug-likeness (QED) is 0.877. The van der Waals surface area contributed by atoms with E-state index in [2.05, 4.69) is 12.2 Å². The van der Waals surface area contributed by atoms with Crippen LogP contribution in [-0.4, -0.2) is 43.0 Å². The molecule has 0 radical (unpaired) electrons. The van der Waals surface area contributed by atoms with E-state index in [4.69, 9.17) is 4.74 Å². The van der Waals surface area contributed by atoms with Crippen LogP contribution in [0.4, 0.5) is 0 Å². The van der Waals surface area contributed by atoms with E-state index >= 15 is 0 Å². The van der Waals surface area contributed by atoms with E-state index in [1.54, 1.807) is 19.2 Å². The van der Waals surface area contributed by atoms with Gasteiger partial charge in [-0.1, -0.05) is 25.5 Å². The van der Waals surface area contributed by atoms with Crippen molar-refractivity contribution in [2.75, 3.05) is 20.2 Å². The summed E-state index contributed by atoms with van der Waals surface area (Å²) in [5, 5.41) is 3.07. The smallest absolute Gasteiger partial charge is 0.257 e. The number of amides is 2. The highest BCUT2D eigenvalue weighted by Crippen LogP contribution is 2.21. The van der Waals surface area contributed by atoms with Crippen LogP contribution in [0.2, 0.25) is 0 Å². The number of nitrogens with one attached hydrogen (secondary N) is 1. The lowest BCUT2D eigenvalue weighted by Crippen LogP contribution is -2.46. The number of ether oxygens (including phenoxy) is 1. The van der Waals surface area contributed by atoms with Crippen molar-refractivity contribution in [3.63, 3.8) is 0 Å². The van der Waals surface area contributed by atoms with Crippen LogP contribution in [0.3, 0.4) is 0 Å². The molecule has 1 aromatic carbocycles. The van der Waals surface area contributed by atoms with E-state index in [0.717, 1.165) is 25.7 Å². The summed E-state index contributed by atoms with van der Waals surface area (Å²) in [6.07, 6.45) is 4.16. The van der Waals surface area contributed by atoms with Gasteiger partial charge >= 0.3 is 0 Å². The van der Waals surface area contributed by atoms with Crippen LogP contribution < -0.4 is 10.1 Å². The van der Waals surface area contributed by atoms with Gasteiger partial charge in [-0.15, -0.1) is 0 Å². The van der Waals surface area contributed by atoms with E-state index in [-0.39, 0.29) is 17.9 Å². The number of hydrogen-bond donors (Lipinski definition) is 1. The third kappa shape index (κ3) is 4.71. The average molecular weight is 318 g/mol. The molecular formula is C18H26N2O3. The third-order valence-electron chi connectivity index (χ3n) is 4.24. The zero-order chi connectivity index (χ0) is 16.7. The zero-order valence-electron chi connectivity index (χ0n) is 14.0. The first kappa shape index (κ1) is 17.3. The molecule has 5 heteroatoms. The van der Waals surface area contributed by atoms with Gasteiger partial charge in [0.15, 0.2) is 0 Å². The lowest BCUT2D eigenvalue weighted by Gasteiger charge is -2.32. The molecule has 5 nitrogen and oxygen atoms in total. The molecule has 1 N–H and O–H groups in total. The lowest BCUT2D eigenvalue weighted by molar-refractivity contribution is -0.122. The van der Waals surface area contributed by atoms with Crippen LogP contribution in [-0.2, 0) is 4.79 Å². The molecule has 1 saturated heterocycles. The summed E-state index contributed by atoms with van der Waals surface area (Å²) >= 11 is 0. The van der Waals surface area contributed by atoms with Gasteiger partial charge in [0.05, 0.1) is 12.7 Å². The zero-order valence-corrected chi connectivity index (χ0v) is 14.0. The second-order valence-corrected chi connectivity index (χ2v) is 5.94. The molecule has 1 aliphatic rings. The fourth-order valence-electron chi connectivity index (χ4n) is 2.86. The van der Waals surface area contributed by atoms with Crippen molar-refractivity contribution in [2.45, 2.75) is 45.1 Å². The number of methoxy groups -OCH3 is 1. The van der Waals surface area contributed by atoms with Gasteiger partial charge in [0.25, 0.3) is 5.91 Å². The molecule has 126 valence electrons. The summed E-state index contributed by atoms with van der Waals surface area (Å²) < 4.78 is 5.26. The fraction of sp³-hybridized carbons (Fsp3) is 0.556. The number of benzene rings is 1. The van der Waals surface area contributed by atoms with Crippen LogP contribution in [0.1, 0.15) is 49.4 Å². The molecule has 23 heavy (non-hydrogen) atoms. The highest BCUT2D eigenvalue weighted by molar-refractivity contribution is 5.97. The molecule has 0 spiro atoms.